The fourth-order valence-electron chi connectivity index (χ4n) is 2.26. The molecule has 0 atom stereocenters. The lowest BCUT2D eigenvalue weighted by Crippen LogP contribution is -2.36. The molecule has 0 saturated carbocycles. The first-order chi connectivity index (χ1) is 10.5. The number of alkyl halides is 3. The van der Waals surface area contributed by atoms with Crippen LogP contribution >= 0.6 is 0 Å². The number of esters is 1. The van der Waals surface area contributed by atoms with Crippen molar-refractivity contribution in [3.63, 3.8) is 0 Å². The highest BCUT2D eigenvalue weighted by Gasteiger charge is 2.28. The number of amides is 1. The van der Waals surface area contributed by atoms with E-state index in [0.29, 0.717) is 5.56 Å². The fourth-order valence-corrected chi connectivity index (χ4v) is 2.26. The molecule has 1 aromatic rings. The summed E-state index contributed by atoms with van der Waals surface area (Å²) in [5.74, 6) is -1.71. The van der Waals surface area contributed by atoms with Crippen molar-refractivity contribution in [2.75, 3.05) is 13.2 Å². The average Bonchev–Trinajstić information content (AvgIpc) is 2.46. The van der Waals surface area contributed by atoms with Gasteiger partial charge in [0.1, 0.15) is 6.54 Å². The van der Waals surface area contributed by atoms with Crippen molar-refractivity contribution < 1.29 is 27.5 Å². The van der Waals surface area contributed by atoms with Crippen LogP contribution in [0.5, 0.6) is 0 Å². The smallest absolute Gasteiger partial charge is 0.405 e. The maximum atomic E-state index is 12.2. The first-order valence-corrected chi connectivity index (χ1v) is 7.03. The molecule has 0 unspecified atom stereocenters. The SMILES string of the molecule is Cc1c(C)c(C)c(C(=O)OCC(=O)NCC(F)(F)F)c(C)c1C. The summed E-state index contributed by atoms with van der Waals surface area (Å²) in [5.41, 5.74) is 4.80. The molecule has 4 nitrogen and oxygen atoms in total. The Bertz CT molecular complexity index is 607. The molecule has 1 aromatic carbocycles. The summed E-state index contributed by atoms with van der Waals surface area (Å²) in [6.07, 6.45) is -4.50. The Kier molecular flexibility index (Phi) is 5.80. The number of ether oxygens (including phenoxy) is 1. The molecule has 128 valence electrons. The zero-order chi connectivity index (χ0) is 17.9. The molecular formula is C16H20F3NO3. The van der Waals surface area contributed by atoms with Gasteiger partial charge in [0.2, 0.25) is 0 Å². The molecule has 0 spiro atoms. The predicted molar refractivity (Wildman–Crippen MR) is 79.5 cm³/mol. The van der Waals surface area contributed by atoms with Crippen molar-refractivity contribution in [3.8, 4) is 0 Å². The van der Waals surface area contributed by atoms with Gasteiger partial charge < -0.3 is 10.1 Å². The second-order valence-corrected chi connectivity index (χ2v) is 5.47. The van der Waals surface area contributed by atoms with Gasteiger partial charge in [-0.25, -0.2) is 4.79 Å². The molecule has 0 bridgehead atoms. The van der Waals surface area contributed by atoms with E-state index in [4.69, 9.17) is 4.74 Å². The van der Waals surface area contributed by atoms with Crippen molar-refractivity contribution in [1.29, 1.82) is 0 Å². The monoisotopic (exact) mass is 331 g/mol. The summed E-state index contributed by atoms with van der Waals surface area (Å²) < 4.78 is 40.8. The third-order valence-electron chi connectivity index (χ3n) is 4.02. The molecule has 0 saturated heterocycles. The Morgan fingerprint density at radius 1 is 0.913 bits per heavy atom. The first-order valence-electron chi connectivity index (χ1n) is 7.03. The van der Waals surface area contributed by atoms with Gasteiger partial charge in [0.05, 0.1) is 5.56 Å². The number of hydrogen-bond acceptors (Lipinski definition) is 3. The van der Waals surface area contributed by atoms with Crippen LogP contribution in [-0.2, 0) is 9.53 Å². The number of halogens is 3. The minimum absolute atomic E-state index is 0.356. The summed E-state index contributed by atoms with van der Waals surface area (Å²) in [6.45, 7) is 7.05. The lowest BCUT2D eigenvalue weighted by atomic mass is 9.90. The highest BCUT2D eigenvalue weighted by Crippen LogP contribution is 2.26. The average molecular weight is 331 g/mol. The van der Waals surface area contributed by atoms with Crippen LogP contribution in [0.4, 0.5) is 13.2 Å². The van der Waals surface area contributed by atoms with E-state index < -0.39 is 31.2 Å². The lowest BCUT2D eigenvalue weighted by Gasteiger charge is -2.17. The van der Waals surface area contributed by atoms with Crippen LogP contribution in [0.25, 0.3) is 0 Å². The summed E-state index contributed by atoms with van der Waals surface area (Å²) in [6, 6.07) is 0. The lowest BCUT2D eigenvalue weighted by molar-refractivity contribution is -0.140. The van der Waals surface area contributed by atoms with E-state index in [1.807, 2.05) is 20.8 Å². The third kappa shape index (κ3) is 4.71. The third-order valence-corrected chi connectivity index (χ3v) is 4.02. The van der Waals surface area contributed by atoms with Gasteiger partial charge in [-0.3, -0.25) is 4.79 Å². The number of nitrogens with one attached hydrogen (secondary N) is 1. The quantitative estimate of drug-likeness (QED) is 0.863. The Morgan fingerprint density at radius 2 is 1.35 bits per heavy atom. The van der Waals surface area contributed by atoms with Crippen LogP contribution in [-0.4, -0.2) is 31.2 Å². The molecule has 0 fully saturated rings. The molecule has 1 N–H and O–H groups in total. The molecule has 0 aliphatic heterocycles. The highest BCUT2D eigenvalue weighted by atomic mass is 19.4. The summed E-state index contributed by atoms with van der Waals surface area (Å²) in [5, 5.41) is 1.65. The van der Waals surface area contributed by atoms with Crippen LogP contribution < -0.4 is 5.32 Å². The van der Waals surface area contributed by atoms with E-state index in [1.165, 1.54) is 0 Å². The van der Waals surface area contributed by atoms with Gasteiger partial charge >= 0.3 is 12.1 Å². The maximum Gasteiger partial charge on any atom is 0.405 e. The Morgan fingerprint density at radius 3 is 1.78 bits per heavy atom. The molecule has 0 heterocycles. The highest BCUT2D eigenvalue weighted by molar-refractivity contribution is 5.95. The van der Waals surface area contributed by atoms with E-state index >= 15 is 0 Å². The molecule has 1 rings (SSSR count). The Labute approximate surface area is 133 Å². The number of carbonyl (C=O) groups is 2. The summed E-state index contributed by atoms with van der Waals surface area (Å²) >= 11 is 0. The van der Waals surface area contributed by atoms with Crippen molar-refractivity contribution in [2.24, 2.45) is 0 Å². The van der Waals surface area contributed by atoms with E-state index in [2.05, 4.69) is 0 Å². The number of hydrogen-bond donors (Lipinski definition) is 1. The van der Waals surface area contributed by atoms with E-state index in [0.717, 1.165) is 27.8 Å². The van der Waals surface area contributed by atoms with Gasteiger partial charge in [0, 0.05) is 0 Å². The minimum Gasteiger partial charge on any atom is -0.452 e. The fraction of sp³-hybridized carbons (Fsp3) is 0.500. The van der Waals surface area contributed by atoms with Crippen LogP contribution in [0.3, 0.4) is 0 Å². The van der Waals surface area contributed by atoms with Crippen LogP contribution in [0, 0.1) is 34.6 Å². The Hall–Kier alpha value is -2.05. The second kappa shape index (κ2) is 7.02. The predicted octanol–water partition coefficient (Wildman–Crippen LogP) is 3.06. The minimum atomic E-state index is -4.50. The second-order valence-electron chi connectivity index (χ2n) is 5.47. The van der Waals surface area contributed by atoms with Gasteiger partial charge in [0.25, 0.3) is 5.91 Å². The summed E-state index contributed by atoms with van der Waals surface area (Å²) in [4.78, 5) is 23.5. The topological polar surface area (TPSA) is 55.4 Å². The van der Waals surface area contributed by atoms with Gasteiger partial charge in [-0.1, -0.05) is 0 Å². The first kappa shape index (κ1) is 19.0. The van der Waals surface area contributed by atoms with Crippen molar-refractivity contribution in [3.05, 3.63) is 33.4 Å². The van der Waals surface area contributed by atoms with E-state index in [-0.39, 0.29) is 0 Å². The molecule has 0 aromatic heterocycles. The van der Waals surface area contributed by atoms with E-state index in [1.54, 1.807) is 19.2 Å². The van der Waals surface area contributed by atoms with Crippen LogP contribution in [0.15, 0.2) is 0 Å². The largest absolute Gasteiger partial charge is 0.452 e. The number of benzene rings is 1. The zero-order valence-electron chi connectivity index (χ0n) is 13.8. The van der Waals surface area contributed by atoms with Crippen LogP contribution in [0.2, 0.25) is 0 Å². The molecule has 0 radical (unpaired) electrons. The zero-order valence-corrected chi connectivity index (χ0v) is 13.8. The maximum absolute atomic E-state index is 12.2. The van der Waals surface area contributed by atoms with Crippen molar-refractivity contribution in [1.82, 2.24) is 5.32 Å². The van der Waals surface area contributed by atoms with Crippen molar-refractivity contribution >= 4 is 11.9 Å². The molecule has 7 heteroatoms. The molecule has 23 heavy (non-hydrogen) atoms. The van der Waals surface area contributed by atoms with Gasteiger partial charge in [0.15, 0.2) is 6.61 Å². The Balaban J connectivity index is 2.82. The van der Waals surface area contributed by atoms with Crippen molar-refractivity contribution in [2.45, 2.75) is 40.8 Å². The van der Waals surface area contributed by atoms with Gasteiger partial charge in [-0.05, 0) is 62.4 Å². The number of rotatable bonds is 4. The normalized spacial score (nSPS) is 11.3. The number of carbonyl (C=O) groups excluding carboxylic acids is 2. The van der Waals surface area contributed by atoms with Crippen LogP contribution in [0.1, 0.15) is 38.2 Å². The molecular weight excluding hydrogens is 311 g/mol. The molecule has 1 amide bonds. The standard InChI is InChI=1S/C16H20F3NO3/c1-8-9(2)11(4)14(12(5)10(8)3)15(22)23-6-13(21)20-7-16(17,18)19/h6-7H2,1-5H3,(H,20,21). The van der Waals surface area contributed by atoms with Gasteiger partial charge in [-0.15, -0.1) is 0 Å². The van der Waals surface area contributed by atoms with E-state index in [9.17, 15) is 22.8 Å². The summed E-state index contributed by atoms with van der Waals surface area (Å²) in [7, 11) is 0. The van der Waals surface area contributed by atoms with Gasteiger partial charge in [-0.2, -0.15) is 13.2 Å². The molecule has 0 aliphatic rings. The molecule has 0 aliphatic carbocycles.